The number of quaternary nitrogens is 1. The molecule has 2 saturated heterocycles. The van der Waals surface area contributed by atoms with E-state index in [0.29, 0.717) is 13.2 Å². The maximum Gasteiger partial charge on any atom is 0.407 e. The lowest BCUT2D eigenvalue weighted by molar-refractivity contribution is -0.916. The van der Waals surface area contributed by atoms with E-state index in [0.717, 1.165) is 54.5 Å². The molecule has 2 aromatic carbocycles. The van der Waals surface area contributed by atoms with Crippen LogP contribution in [-0.2, 0) is 9.47 Å². The van der Waals surface area contributed by atoms with Crippen molar-refractivity contribution in [3.63, 3.8) is 0 Å². The maximum atomic E-state index is 13.4. The molecule has 0 saturated carbocycles. The number of piperidine rings is 1. The Morgan fingerprint density at radius 3 is 2.06 bits per heavy atom. The number of halogens is 2. The quantitative estimate of drug-likeness (QED) is 0.529. The molecule has 4 rings (SSSR count). The van der Waals surface area contributed by atoms with Crippen LogP contribution < -0.4 is 5.32 Å². The van der Waals surface area contributed by atoms with E-state index >= 15 is 0 Å². The fourth-order valence-corrected chi connectivity index (χ4v) is 4.50. The van der Waals surface area contributed by atoms with Gasteiger partial charge in [-0.3, -0.25) is 0 Å². The van der Waals surface area contributed by atoms with E-state index in [-0.39, 0.29) is 29.4 Å². The Labute approximate surface area is 181 Å². The number of rotatable bonds is 7. The zero-order valence-corrected chi connectivity index (χ0v) is 17.8. The van der Waals surface area contributed by atoms with Crippen LogP contribution in [0, 0.1) is 11.6 Å². The van der Waals surface area contributed by atoms with Gasteiger partial charge in [-0.05, 0) is 35.4 Å². The SMILES string of the molecule is C[N+]1(CCCOC(c2ccc(F)cc2)c2ccc(F)cc2)CCC2(CC1)CNC(=O)O2. The van der Waals surface area contributed by atoms with Gasteiger partial charge >= 0.3 is 6.09 Å². The first-order chi connectivity index (χ1) is 14.9. The number of carbonyl (C=O) groups is 1. The second kappa shape index (κ2) is 8.93. The predicted molar refractivity (Wildman–Crippen MR) is 112 cm³/mol. The van der Waals surface area contributed by atoms with Crippen LogP contribution in [0.15, 0.2) is 48.5 Å². The second-order valence-electron chi connectivity index (χ2n) is 8.92. The summed E-state index contributed by atoms with van der Waals surface area (Å²) in [6.07, 6.45) is 1.89. The fourth-order valence-electron chi connectivity index (χ4n) is 4.50. The van der Waals surface area contributed by atoms with Crippen LogP contribution in [0.1, 0.15) is 36.5 Å². The zero-order valence-electron chi connectivity index (χ0n) is 17.8. The van der Waals surface area contributed by atoms with Crippen LogP contribution in [-0.4, -0.2) is 56.0 Å². The molecule has 2 aliphatic rings. The minimum Gasteiger partial charge on any atom is -0.441 e. The Balaban J connectivity index is 1.33. The van der Waals surface area contributed by atoms with Gasteiger partial charge in [0, 0.05) is 19.3 Å². The van der Waals surface area contributed by atoms with Crippen molar-refractivity contribution in [2.45, 2.75) is 31.0 Å². The van der Waals surface area contributed by atoms with Crippen LogP contribution in [0.2, 0.25) is 0 Å². The average Bonchev–Trinajstić information content (AvgIpc) is 3.13. The van der Waals surface area contributed by atoms with Crippen molar-refractivity contribution < 1.29 is 27.5 Å². The van der Waals surface area contributed by atoms with Crippen LogP contribution in [0.25, 0.3) is 0 Å². The number of nitrogens with zero attached hydrogens (tertiary/aromatic N) is 1. The van der Waals surface area contributed by atoms with Gasteiger partial charge in [0.1, 0.15) is 23.3 Å². The number of carbonyl (C=O) groups excluding carboxylic acids is 1. The van der Waals surface area contributed by atoms with E-state index in [9.17, 15) is 13.6 Å². The summed E-state index contributed by atoms with van der Waals surface area (Å²) in [5.41, 5.74) is 1.34. The molecule has 166 valence electrons. The van der Waals surface area contributed by atoms with Gasteiger partial charge in [-0.15, -0.1) is 0 Å². The zero-order chi connectivity index (χ0) is 21.9. The average molecular weight is 432 g/mol. The van der Waals surface area contributed by atoms with Gasteiger partial charge in [0.25, 0.3) is 0 Å². The Hall–Kier alpha value is -2.51. The second-order valence-corrected chi connectivity index (χ2v) is 8.92. The Morgan fingerprint density at radius 2 is 1.58 bits per heavy atom. The summed E-state index contributed by atoms with van der Waals surface area (Å²) in [5.74, 6) is -0.602. The molecule has 2 heterocycles. The predicted octanol–water partition coefficient (Wildman–Crippen LogP) is 4.18. The number of ether oxygens (including phenoxy) is 2. The van der Waals surface area contributed by atoms with Crippen molar-refractivity contribution in [1.82, 2.24) is 5.32 Å². The van der Waals surface area contributed by atoms with Gasteiger partial charge in [0.05, 0.1) is 39.8 Å². The summed E-state index contributed by atoms with van der Waals surface area (Å²) in [5, 5.41) is 2.78. The number of alkyl carbamates (subject to hydrolysis) is 1. The maximum absolute atomic E-state index is 13.4. The molecule has 31 heavy (non-hydrogen) atoms. The third-order valence-electron chi connectivity index (χ3n) is 6.55. The summed E-state index contributed by atoms with van der Waals surface area (Å²) in [7, 11) is 2.23. The molecule has 5 nitrogen and oxygen atoms in total. The summed E-state index contributed by atoms with van der Waals surface area (Å²) in [6, 6.07) is 12.5. The Kier molecular flexibility index (Phi) is 6.25. The number of nitrogens with one attached hydrogen (secondary N) is 1. The summed E-state index contributed by atoms with van der Waals surface area (Å²) < 4.78 is 39.4. The van der Waals surface area contributed by atoms with Gasteiger partial charge in [0.2, 0.25) is 0 Å². The lowest BCUT2D eigenvalue weighted by atomic mass is 9.90. The number of hydrogen-bond acceptors (Lipinski definition) is 3. The van der Waals surface area contributed by atoms with E-state index in [1.165, 1.54) is 24.3 Å². The number of likely N-dealkylation sites (tertiary alicyclic amines) is 1. The highest BCUT2D eigenvalue weighted by Gasteiger charge is 2.46. The molecule has 1 amide bonds. The molecule has 2 aliphatic heterocycles. The van der Waals surface area contributed by atoms with E-state index in [1.54, 1.807) is 24.3 Å². The van der Waals surface area contributed by atoms with Gasteiger partial charge < -0.3 is 19.3 Å². The fraction of sp³-hybridized carbons (Fsp3) is 0.458. The van der Waals surface area contributed by atoms with E-state index in [4.69, 9.17) is 9.47 Å². The van der Waals surface area contributed by atoms with Crippen molar-refractivity contribution in [3.8, 4) is 0 Å². The lowest BCUT2D eigenvalue weighted by Crippen LogP contribution is -2.56. The van der Waals surface area contributed by atoms with E-state index in [2.05, 4.69) is 12.4 Å². The highest BCUT2D eigenvalue weighted by Crippen LogP contribution is 2.32. The van der Waals surface area contributed by atoms with E-state index < -0.39 is 0 Å². The molecule has 0 aromatic heterocycles. The van der Waals surface area contributed by atoms with Gasteiger partial charge in [-0.25, -0.2) is 13.6 Å². The van der Waals surface area contributed by atoms with Crippen molar-refractivity contribution in [2.24, 2.45) is 0 Å². The van der Waals surface area contributed by atoms with Crippen LogP contribution >= 0.6 is 0 Å². The molecule has 1 spiro atoms. The van der Waals surface area contributed by atoms with Crippen LogP contribution in [0.4, 0.5) is 13.6 Å². The molecule has 2 fully saturated rings. The first-order valence-electron chi connectivity index (χ1n) is 10.8. The first-order valence-corrected chi connectivity index (χ1v) is 10.8. The minimum absolute atomic E-state index is 0.301. The Bertz CT molecular complexity index is 849. The largest absolute Gasteiger partial charge is 0.441 e. The molecule has 0 unspecified atom stereocenters. The van der Waals surface area contributed by atoms with Gasteiger partial charge in [0.15, 0.2) is 0 Å². The van der Waals surface area contributed by atoms with Crippen LogP contribution in [0.5, 0.6) is 0 Å². The molecule has 0 radical (unpaired) electrons. The molecular formula is C24H29F2N2O3+. The number of hydrogen-bond donors (Lipinski definition) is 1. The molecule has 0 atom stereocenters. The molecule has 1 N–H and O–H groups in total. The summed E-state index contributed by atoms with van der Waals surface area (Å²) in [4.78, 5) is 11.4. The lowest BCUT2D eigenvalue weighted by Gasteiger charge is -2.43. The van der Waals surface area contributed by atoms with E-state index in [1.807, 2.05) is 0 Å². The molecule has 2 aromatic rings. The highest BCUT2D eigenvalue weighted by molar-refractivity contribution is 5.70. The smallest absolute Gasteiger partial charge is 0.407 e. The highest BCUT2D eigenvalue weighted by atomic mass is 19.1. The standard InChI is InChI=1S/C24H28F2N2O3/c1-28(14-11-24(12-15-28)17-27-23(29)31-24)13-2-16-30-22(18-3-7-20(25)8-4-18)19-5-9-21(26)10-6-19/h3-10,22H,2,11-17H2,1H3/p+1. The van der Waals surface area contributed by atoms with Crippen molar-refractivity contribution in [1.29, 1.82) is 0 Å². The summed E-state index contributed by atoms with van der Waals surface area (Å²) in [6.45, 7) is 4.00. The topological polar surface area (TPSA) is 47.6 Å². The molecular weight excluding hydrogens is 402 g/mol. The summed E-state index contributed by atoms with van der Waals surface area (Å²) >= 11 is 0. The first kappa shape index (κ1) is 21.7. The van der Waals surface area contributed by atoms with Crippen molar-refractivity contribution in [3.05, 3.63) is 71.3 Å². The monoisotopic (exact) mass is 431 g/mol. The van der Waals surface area contributed by atoms with Crippen LogP contribution in [0.3, 0.4) is 0 Å². The number of benzene rings is 2. The molecule has 0 bridgehead atoms. The normalized spacial score (nSPS) is 25.6. The third kappa shape index (κ3) is 5.22. The molecule has 7 heteroatoms. The van der Waals surface area contributed by atoms with Gasteiger partial charge in [-0.1, -0.05) is 24.3 Å². The van der Waals surface area contributed by atoms with Crippen molar-refractivity contribution >= 4 is 6.09 Å². The number of amides is 1. The van der Waals surface area contributed by atoms with Gasteiger partial charge in [-0.2, -0.15) is 0 Å². The third-order valence-corrected chi connectivity index (χ3v) is 6.55. The minimum atomic E-state index is -0.375. The Morgan fingerprint density at radius 1 is 1.03 bits per heavy atom. The molecule has 0 aliphatic carbocycles. The van der Waals surface area contributed by atoms with Crippen molar-refractivity contribution in [2.75, 3.05) is 39.8 Å².